The Bertz CT molecular complexity index is 1490. The maximum absolute atomic E-state index is 13.7. The van der Waals surface area contributed by atoms with Crippen molar-refractivity contribution in [3.63, 3.8) is 0 Å². The zero-order valence-electron chi connectivity index (χ0n) is 25.9. The Balaban J connectivity index is 1.34. The van der Waals surface area contributed by atoms with Crippen molar-refractivity contribution in [2.45, 2.75) is 88.4 Å². The molecule has 4 atom stereocenters. The topological polar surface area (TPSA) is 143 Å². The molecule has 1 saturated heterocycles. The van der Waals surface area contributed by atoms with Crippen LogP contribution < -0.4 is 21.3 Å². The molecule has 4 amide bonds. The fraction of sp³-hybridized carbons (Fsp3) is 0.500. The summed E-state index contributed by atoms with van der Waals surface area (Å²) in [5.74, 6) is -3.02. The van der Waals surface area contributed by atoms with Crippen LogP contribution in [0.3, 0.4) is 0 Å². The molecule has 2 aromatic carbocycles. The third kappa shape index (κ3) is 8.39. The average molecular weight is 672 g/mol. The van der Waals surface area contributed by atoms with Gasteiger partial charge >= 0.3 is 6.09 Å². The number of rotatable bonds is 14. The summed E-state index contributed by atoms with van der Waals surface area (Å²) in [6.45, 7) is 4.25. The van der Waals surface area contributed by atoms with E-state index in [1.807, 2.05) is 38.1 Å². The average Bonchev–Trinajstić information content (AvgIpc) is 3.94. The zero-order valence-corrected chi connectivity index (χ0v) is 27.5. The first kappa shape index (κ1) is 33.7. The Morgan fingerprint density at radius 1 is 0.957 bits per heavy atom. The van der Waals surface area contributed by atoms with Gasteiger partial charge in [-0.1, -0.05) is 61.3 Å². The molecule has 1 aliphatic heterocycles. The van der Waals surface area contributed by atoms with E-state index in [4.69, 9.17) is 27.9 Å². The standard InChI is InChI=1S/C34H40Cl2N4O6/c1-19(2)15-27(31(43)39-26(17-21-11-14-37-30(21)42)28(41)32(44)38-25-9-10-25)40-33(45)46-29(20-5-3-7-23(35)16-20)34(12-13-34)22-6-4-8-24(36)18-22/h3-8,16,18-19,21,25-27,29H,9-15,17H2,1-2H3,(H,37,42)(H,38,44)(H,39,43)(H,40,45). The number of alkyl carbamates (subject to hydrolysis) is 1. The molecule has 2 aliphatic carbocycles. The molecular weight excluding hydrogens is 631 g/mol. The summed E-state index contributed by atoms with van der Waals surface area (Å²) in [6.07, 6.45) is 2.23. The van der Waals surface area contributed by atoms with Gasteiger partial charge in [-0.05, 0) is 86.3 Å². The fourth-order valence-electron chi connectivity index (χ4n) is 6.09. The second-order valence-electron chi connectivity index (χ2n) is 13.0. The highest BCUT2D eigenvalue weighted by molar-refractivity contribution is 6.38. The van der Waals surface area contributed by atoms with Crippen LogP contribution in [-0.2, 0) is 29.3 Å². The number of ether oxygens (including phenoxy) is 1. The van der Waals surface area contributed by atoms with E-state index < -0.39 is 53.2 Å². The Morgan fingerprint density at radius 2 is 1.65 bits per heavy atom. The van der Waals surface area contributed by atoms with Crippen molar-refractivity contribution in [2.24, 2.45) is 11.8 Å². The van der Waals surface area contributed by atoms with Gasteiger partial charge in [0.1, 0.15) is 12.1 Å². The largest absolute Gasteiger partial charge is 0.440 e. The Kier molecular flexibility index (Phi) is 10.6. The number of amides is 4. The van der Waals surface area contributed by atoms with Crippen LogP contribution in [0.4, 0.5) is 4.79 Å². The molecular formula is C34H40Cl2N4O6. The number of carbonyl (C=O) groups is 5. The van der Waals surface area contributed by atoms with Gasteiger partial charge in [-0.15, -0.1) is 0 Å². The molecule has 4 N–H and O–H groups in total. The zero-order chi connectivity index (χ0) is 33.0. The maximum atomic E-state index is 13.7. The van der Waals surface area contributed by atoms with Gasteiger partial charge in [0, 0.05) is 34.0 Å². The van der Waals surface area contributed by atoms with Crippen LogP contribution in [0.1, 0.15) is 76.0 Å². The van der Waals surface area contributed by atoms with Crippen LogP contribution in [-0.4, -0.2) is 54.3 Å². The molecule has 0 spiro atoms. The maximum Gasteiger partial charge on any atom is 0.408 e. The van der Waals surface area contributed by atoms with E-state index in [9.17, 15) is 24.0 Å². The van der Waals surface area contributed by atoms with Crippen LogP contribution in [0.2, 0.25) is 10.0 Å². The summed E-state index contributed by atoms with van der Waals surface area (Å²) in [6, 6.07) is 12.2. The fourth-order valence-corrected chi connectivity index (χ4v) is 6.48. The molecule has 4 unspecified atom stereocenters. The Hall–Kier alpha value is -3.63. The van der Waals surface area contributed by atoms with E-state index in [0.29, 0.717) is 28.6 Å². The highest BCUT2D eigenvalue weighted by Gasteiger charge is 2.54. The number of hydrogen-bond donors (Lipinski definition) is 4. The van der Waals surface area contributed by atoms with Crippen LogP contribution >= 0.6 is 23.2 Å². The minimum Gasteiger partial charge on any atom is -0.440 e. The molecule has 0 radical (unpaired) electrons. The number of ketones is 1. The first-order valence-electron chi connectivity index (χ1n) is 15.9. The lowest BCUT2D eigenvalue weighted by Gasteiger charge is -2.30. The van der Waals surface area contributed by atoms with Crippen LogP contribution in [0.15, 0.2) is 48.5 Å². The van der Waals surface area contributed by atoms with E-state index >= 15 is 0 Å². The summed E-state index contributed by atoms with van der Waals surface area (Å²) in [5, 5.41) is 11.9. The van der Waals surface area contributed by atoms with E-state index in [-0.39, 0.29) is 30.7 Å². The highest BCUT2D eigenvalue weighted by atomic mass is 35.5. The van der Waals surface area contributed by atoms with Crippen molar-refractivity contribution in [1.82, 2.24) is 21.3 Å². The van der Waals surface area contributed by atoms with Gasteiger partial charge in [0.15, 0.2) is 0 Å². The minimum atomic E-state index is -1.23. The predicted molar refractivity (Wildman–Crippen MR) is 173 cm³/mol. The van der Waals surface area contributed by atoms with E-state index in [2.05, 4.69) is 21.3 Å². The molecule has 12 heteroatoms. The van der Waals surface area contributed by atoms with Gasteiger partial charge in [0.25, 0.3) is 5.91 Å². The van der Waals surface area contributed by atoms with Gasteiger partial charge < -0.3 is 26.0 Å². The van der Waals surface area contributed by atoms with Gasteiger partial charge in [-0.3, -0.25) is 19.2 Å². The molecule has 0 bridgehead atoms. The molecule has 10 nitrogen and oxygen atoms in total. The molecule has 246 valence electrons. The number of carbonyl (C=O) groups excluding carboxylic acids is 5. The number of benzene rings is 2. The van der Waals surface area contributed by atoms with Crippen molar-refractivity contribution in [3.05, 3.63) is 69.7 Å². The van der Waals surface area contributed by atoms with Gasteiger partial charge in [-0.2, -0.15) is 0 Å². The number of Topliss-reactive ketones (excluding diaryl/α,β-unsaturated/α-hetero) is 1. The van der Waals surface area contributed by atoms with Gasteiger partial charge in [-0.25, -0.2) is 4.79 Å². The lowest BCUT2D eigenvalue weighted by atomic mass is 9.86. The number of nitrogens with one attached hydrogen (secondary N) is 4. The monoisotopic (exact) mass is 670 g/mol. The molecule has 0 aromatic heterocycles. The normalized spacial score (nSPS) is 20.2. The third-order valence-corrected chi connectivity index (χ3v) is 9.30. The van der Waals surface area contributed by atoms with Crippen molar-refractivity contribution in [2.75, 3.05) is 6.54 Å². The van der Waals surface area contributed by atoms with Crippen molar-refractivity contribution >= 4 is 52.8 Å². The molecule has 3 aliphatic rings. The first-order chi connectivity index (χ1) is 21.9. The second kappa shape index (κ2) is 14.4. The van der Waals surface area contributed by atoms with Gasteiger partial charge in [0.2, 0.25) is 17.6 Å². The molecule has 46 heavy (non-hydrogen) atoms. The predicted octanol–water partition coefficient (Wildman–Crippen LogP) is 4.77. The molecule has 3 fully saturated rings. The van der Waals surface area contributed by atoms with E-state index in [1.54, 1.807) is 24.3 Å². The molecule has 1 heterocycles. The number of halogens is 2. The smallest absolute Gasteiger partial charge is 0.408 e. The molecule has 2 saturated carbocycles. The summed E-state index contributed by atoms with van der Waals surface area (Å²) in [7, 11) is 0. The van der Waals surface area contributed by atoms with E-state index in [1.165, 1.54) is 0 Å². The minimum absolute atomic E-state index is 0.0195. The van der Waals surface area contributed by atoms with Crippen LogP contribution in [0, 0.1) is 11.8 Å². The quantitative estimate of drug-likeness (QED) is 0.213. The lowest BCUT2D eigenvalue weighted by molar-refractivity contribution is -0.141. The SMILES string of the molecule is CC(C)CC(NC(=O)OC(c1cccc(Cl)c1)C1(c2cccc(Cl)c2)CC1)C(=O)NC(CC1CCNC1=O)C(=O)C(=O)NC1CC1. The van der Waals surface area contributed by atoms with Crippen molar-refractivity contribution in [3.8, 4) is 0 Å². The van der Waals surface area contributed by atoms with E-state index in [0.717, 1.165) is 31.2 Å². The van der Waals surface area contributed by atoms with Crippen molar-refractivity contribution < 1.29 is 28.7 Å². The van der Waals surface area contributed by atoms with Gasteiger partial charge in [0.05, 0.1) is 6.04 Å². The first-order valence-corrected chi connectivity index (χ1v) is 16.6. The highest BCUT2D eigenvalue weighted by Crippen LogP contribution is 2.58. The van der Waals surface area contributed by atoms with Crippen LogP contribution in [0.5, 0.6) is 0 Å². The van der Waals surface area contributed by atoms with Crippen molar-refractivity contribution in [1.29, 1.82) is 0 Å². The molecule has 5 rings (SSSR count). The summed E-state index contributed by atoms with van der Waals surface area (Å²) in [5.41, 5.74) is 1.10. The third-order valence-electron chi connectivity index (χ3n) is 8.83. The second-order valence-corrected chi connectivity index (χ2v) is 13.9. The Morgan fingerprint density at radius 3 is 2.24 bits per heavy atom. The summed E-state index contributed by atoms with van der Waals surface area (Å²) < 4.78 is 6.12. The summed E-state index contributed by atoms with van der Waals surface area (Å²) in [4.78, 5) is 65.6. The summed E-state index contributed by atoms with van der Waals surface area (Å²) >= 11 is 12.7. The van der Waals surface area contributed by atoms with Crippen LogP contribution in [0.25, 0.3) is 0 Å². The lowest BCUT2D eigenvalue weighted by Crippen LogP contribution is -2.55. The Labute approximate surface area is 278 Å². The number of hydrogen-bond acceptors (Lipinski definition) is 6. The molecule has 2 aromatic rings.